The van der Waals surface area contributed by atoms with Crippen LogP contribution in [-0.4, -0.2) is 11.1 Å². The number of carboxylic acid groups (broad SMARTS) is 1. The van der Waals surface area contributed by atoms with Crippen molar-refractivity contribution >= 4 is 33.6 Å². The second-order valence-corrected chi connectivity index (χ2v) is 4.90. The molecule has 0 atom stereocenters. The molecule has 0 radical (unpaired) electrons. The summed E-state index contributed by atoms with van der Waals surface area (Å²) in [5.41, 5.74) is 1.25. The van der Waals surface area contributed by atoms with Gasteiger partial charge in [-0.05, 0) is 46.2 Å². The summed E-state index contributed by atoms with van der Waals surface area (Å²) in [7, 11) is 0. The van der Waals surface area contributed by atoms with Gasteiger partial charge in [0.1, 0.15) is 0 Å². The van der Waals surface area contributed by atoms with Gasteiger partial charge in [0.25, 0.3) is 0 Å². The minimum Gasteiger partial charge on any atom is -0.478 e. The van der Waals surface area contributed by atoms with Gasteiger partial charge in [-0.1, -0.05) is 48.5 Å². The number of benzene rings is 3. The van der Waals surface area contributed by atoms with E-state index in [9.17, 15) is 4.79 Å². The van der Waals surface area contributed by atoms with E-state index in [2.05, 4.69) is 30.3 Å². The summed E-state index contributed by atoms with van der Waals surface area (Å²) in [4.78, 5) is 10.9. The molecule has 1 N–H and O–H groups in total. The molecule has 20 heavy (non-hydrogen) atoms. The Morgan fingerprint density at radius 2 is 1.65 bits per heavy atom. The van der Waals surface area contributed by atoms with E-state index in [1.54, 1.807) is 13.0 Å². The molecule has 0 spiro atoms. The molecule has 3 aromatic rings. The monoisotopic (exact) mass is 262 g/mol. The molecule has 0 fully saturated rings. The van der Waals surface area contributed by atoms with Crippen LogP contribution < -0.4 is 0 Å². The smallest absolute Gasteiger partial charge is 0.331 e. The SMILES string of the molecule is CC(=Cc1ccc2c(ccc3ccccc32)c1)C(=O)O. The van der Waals surface area contributed by atoms with Crippen LogP contribution in [0, 0.1) is 0 Å². The number of fused-ring (bicyclic) bond motifs is 3. The van der Waals surface area contributed by atoms with Crippen molar-refractivity contribution in [1.82, 2.24) is 0 Å². The van der Waals surface area contributed by atoms with Crippen LogP contribution in [0.3, 0.4) is 0 Å². The van der Waals surface area contributed by atoms with E-state index >= 15 is 0 Å². The van der Waals surface area contributed by atoms with Crippen molar-refractivity contribution in [2.24, 2.45) is 0 Å². The molecule has 98 valence electrons. The maximum atomic E-state index is 10.9. The zero-order chi connectivity index (χ0) is 14.1. The maximum absolute atomic E-state index is 10.9. The Morgan fingerprint density at radius 3 is 2.45 bits per heavy atom. The van der Waals surface area contributed by atoms with Crippen LogP contribution in [0.4, 0.5) is 0 Å². The number of hydrogen-bond donors (Lipinski definition) is 1. The molecule has 2 heteroatoms. The molecule has 3 aromatic carbocycles. The van der Waals surface area contributed by atoms with Gasteiger partial charge in [-0.25, -0.2) is 4.79 Å². The molecule has 0 unspecified atom stereocenters. The van der Waals surface area contributed by atoms with Crippen LogP contribution in [0.5, 0.6) is 0 Å². The average molecular weight is 262 g/mol. The zero-order valence-corrected chi connectivity index (χ0v) is 11.1. The van der Waals surface area contributed by atoms with Gasteiger partial charge < -0.3 is 5.11 Å². The van der Waals surface area contributed by atoms with E-state index in [-0.39, 0.29) is 0 Å². The van der Waals surface area contributed by atoms with Crippen LogP contribution in [0.1, 0.15) is 12.5 Å². The largest absolute Gasteiger partial charge is 0.478 e. The Hall–Kier alpha value is -2.61. The fraction of sp³-hybridized carbons (Fsp3) is 0.0556. The molecule has 0 saturated carbocycles. The van der Waals surface area contributed by atoms with E-state index in [0.717, 1.165) is 10.9 Å². The van der Waals surface area contributed by atoms with E-state index < -0.39 is 5.97 Å². The van der Waals surface area contributed by atoms with Crippen molar-refractivity contribution in [1.29, 1.82) is 0 Å². The van der Waals surface area contributed by atoms with Crippen molar-refractivity contribution in [2.45, 2.75) is 6.92 Å². The predicted octanol–water partition coefficient (Wildman–Crippen LogP) is 4.48. The third kappa shape index (κ3) is 2.16. The Balaban J connectivity index is 2.20. The minimum atomic E-state index is -0.886. The summed E-state index contributed by atoms with van der Waals surface area (Å²) in [5.74, 6) is -0.886. The third-order valence-corrected chi connectivity index (χ3v) is 3.49. The minimum absolute atomic E-state index is 0.338. The third-order valence-electron chi connectivity index (χ3n) is 3.49. The molecule has 0 aliphatic heterocycles. The van der Waals surface area contributed by atoms with Gasteiger partial charge in [-0.15, -0.1) is 0 Å². The Labute approximate surface area is 117 Å². The second-order valence-electron chi connectivity index (χ2n) is 4.90. The Morgan fingerprint density at radius 1 is 0.950 bits per heavy atom. The number of aliphatic carboxylic acids is 1. The highest BCUT2D eigenvalue weighted by atomic mass is 16.4. The lowest BCUT2D eigenvalue weighted by Gasteiger charge is -2.05. The molecular weight excluding hydrogens is 248 g/mol. The molecule has 0 amide bonds. The number of carbonyl (C=O) groups is 1. The standard InChI is InChI=1S/C18H14O2/c1-12(18(19)20)10-13-6-9-17-15(11-13)8-7-14-4-2-3-5-16(14)17/h2-11H,1H3,(H,19,20). The van der Waals surface area contributed by atoms with Crippen LogP contribution in [0.15, 0.2) is 60.2 Å². The lowest BCUT2D eigenvalue weighted by atomic mass is 9.99. The first kappa shape index (κ1) is 12.4. The molecular formula is C18H14O2. The molecule has 0 aromatic heterocycles. The van der Waals surface area contributed by atoms with Gasteiger partial charge in [-0.2, -0.15) is 0 Å². The lowest BCUT2D eigenvalue weighted by Crippen LogP contribution is -1.95. The topological polar surface area (TPSA) is 37.3 Å². The van der Waals surface area contributed by atoms with Gasteiger partial charge in [0.2, 0.25) is 0 Å². The number of carboxylic acids is 1. The van der Waals surface area contributed by atoms with Crippen LogP contribution in [0.25, 0.3) is 27.6 Å². The maximum Gasteiger partial charge on any atom is 0.331 e. The zero-order valence-electron chi connectivity index (χ0n) is 11.1. The van der Waals surface area contributed by atoms with Gasteiger partial charge in [0.15, 0.2) is 0 Å². The van der Waals surface area contributed by atoms with E-state index in [1.807, 2.05) is 24.3 Å². The van der Waals surface area contributed by atoms with Crippen molar-refractivity contribution in [2.75, 3.05) is 0 Å². The van der Waals surface area contributed by atoms with E-state index in [4.69, 9.17) is 5.11 Å². The van der Waals surface area contributed by atoms with Gasteiger partial charge in [0.05, 0.1) is 0 Å². The molecule has 0 aliphatic rings. The fourth-order valence-electron chi connectivity index (χ4n) is 2.43. The fourth-order valence-corrected chi connectivity index (χ4v) is 2.43. The summed E-state index contributed by atoms with van der Waals surface area (Å²) in [6, 6.07) is 18.5. The van der Waals surface area contributed by atoms with Crippen LogP contribution in [0.2, 0.25) is 0 Å². The van der Waals surface area contributed by atoms with E-state index in [0.29, 0.717) is 5.57 Å². The van der Waals surface area contributed by atoms with Gasteiger partial charge >= 0.3 is 5.97 Å². The number of rotatable bonds is 2. The first-order chi connectivity index (χ1) is 9.65. The van der Waals surface area contributed by atoms with Gasteiger partial charge in [0, 0.05) is 5.57 Å². The normalized spacial score (nSPS) is 11.9. The first-order valence-electron chi connectivity index (χ1n) is 6.48. The van der Waals surface area contributed by atoms with Crippen LogP contribution >= 0.6 is 0 Å². The highest BCUT2D eigenvalue weighted by Crippen LogP contribution is 2.26. The van der Waals surface area contributed by atoms with Crippen molar-refractivity contribution in [3.8, 4) is 0 Å². The summed E-state index contributed by atoms with van der Waals surface area (Å²) in [5, 5.41) is 13.7. The van der Waals surface area contributed by atoms with Crippen molar-refractivity contribution in [3.63, 3.8) is 0 Å². The molecule has 0 saturated heterocycles. The summed E-state index contributed by atoms with van der Waals surface area (Å²) < 4.78 is 0. The highest BCUT2D eigenvalue weighted by Gasteiger charge is 2.03. The van der Waals surface area contributed by atoms with Crippen molar-refractivity contribution in [3.05, 3.63) is 65.7 Å². The average Bonchev–Trinajstić information content (AvgIpc) is 2.46. The molecule has 2 nitrogen and oxygen atoms in total. The quantitative estimate of drug-likeness (QED) is 0.546. The molecule has 0 bridgehead atoms. The molecule has 3 rings (SSSR count). The van der Waals surface area contributed by atoms with E-state index in [1.165, 1.54) is 16.2 Å². The summed E-state index contributed by atoms with van der Waals surface area (Å²) in [6.07, 6.45) is 1.69. The summed E-state index contributed by atoms with van der Waals surface area (Å²) >= 11 is 0. The predicted molar refractivity (Wildman–Crippen MR) is 82.7 cm³/mol. The Kier molecular flexibility index (Phi) is 2.99. The Bertz CT molecular complexity index is 844. The molecule has 0 aliphatic carbocycles. The van der Waals surface area contributed by atoms with Gasteiger partial charge in [-0.3, -0.25) is 0 Å². The van der Waals surface area contributed by atoms with Crippen LogP contribution in [-0.2, 0) is 4.79 Å². The number of hydrogen-bond acceptors (Lipinski definition) is 1. The second kappa shape index (κ2) is 4.82. The highest BCUT2D eigenvalue weighted by molar-refractivity contribution is 6.08. The summed E-state index contributed by atoms with van der Waals surface area (Å²) in [6.45, 7) is 1.60. The van der Waals surface area contributed by atoms with Crippen molar-refractivity contribution < 1.29 is 9.90 Å². The lowest BCUT2D eigenvalue weighted by molar-refractivity contribution is -0.132. The molecule has 0 heterocycles. The first-order valence-corrected chi connectivity index (χ1v) is 6.48.